The number of hydrogen-bond donors (Lipinski definition) is 2. The van der Waals surface area contributed by atoms with Crippen LogP contribution in [0.4, 0.5) is 0 Å². The number of diazo groups is 1. The van der Waals surface area contributed by atoms with Crippen molar-refractivity contribution >= 4 is 5.91 Å². The van der Waals surface area contributed by atoms with Gasteiger partial charge in [-0.2, -0.15) is 0 Å². The maximum Gasteiger partial charge on any atom is 0.484 e. The van der Waals surface area contributed by atoms with Crippen molar-refractivity contribution in [1.29, 1.82) is 5.39 Å². The molecule has 5 heteroatoms. The van der Waals surface area contributed by atoms with Gasteiger partial charge in [0.1, 0.15) is 0 Å². The van der Waals surface area contributed by atoms with Crippen LogP contribution in [0.1, 0.15) is 12.5 Å². The number of benzene rings is 1. The minimum absolute atomic E-state index is 0.311. The number of carbonyl (C=O) groups excluding carboxylic acids is 1. The molecule has 2 N–H and O–H groups in total. The number of carbonyl (C=O) groups is 1. The second-order valence-electron chi connectivity index (χ2n) is 3.20. The summed E-state index contributed by atoms with van der Waals surface area (Å²) in [6.07, 6.45) is 0. The lowest BCUT2D eigenvalue weighted by Crippen LogP contribution is -2.24. The lowest BCUT2D eigenvalue weighted by molar-refractivity contribution is -0.117. The molecule has 0 bridgehead atoms. The number of nitrogens with one attached hydrogen (secondary N) is 1. The maximum atomic E-state index is 11.4. The third-order valence-corrected chi connectivity index (χ3v) is 1.95. The van der Waals surface area contributed by atoms with Gasteiger partial charge in [-0.25, -0.2) is 0 Å². The predicted molar refractivity (Wildman–Crippen MR) is 58.7 cm³/mol. The highest BCUT2D eigenvalue weighted by molar-refractivity contribution is 5.95. The largest absolute Gasteiger partial charge is 0.505 e. The Morgan fingerprint density at radius 2 is 2.06 bits per heavy atom. The topological polar surface area (TPSA) is 77.5 Å². The van der Waals surface area contributed by atoms with Crippen LogP contribution >= 0.6 is 0 Å². The smallest absolute Gasteiger partial charge is 0.484 e. The fourth-order valence-electron chi connectivity index (χ4n) is 1.14. The first-order valence-corrected chi connectivity index (χ1v) is 4.72. The molecule has 0 aliphatic carbocycles. The Balaban J connectivity index is 2.61. The zero-order valence-corrected chi connectivity index (χ0v) is 8.84. The van der Waals surface area contributed by atoms with Gasteiger partial charge in [-0.15, -0.1) is 0 Å². The second-order valence-corrected chi connectivity index (χ2v) is 3.20. The van der Waals surface area contributed by atoms with E-state index in [1.165, 1.54) is 6.92 Å². The van der Waals surface area contributed by atoms with Gasteiger partial charge in [0.2, 0.25) is 5.39 Å². The number of nitrogens with zero attached hydrogens (tertiary/aromatic N) is 2. The van der Waals surface area contributed by atoms with E-state index in [1.54, 1.807) is 0 Å². The quantitative estimate of drug-likeness (QED) is 0.462. The van der Waals surface area contributed by atoms with E-state index in [-0.39, 0.29) is 11.5 Å². The van der Waals surface area contributed by atoms with Crippen molar-refractivity contribution in [3.63, 3.8) is 0 Å². The average molecular weight is 218 g/mol. The molecule has 0 saturated heterocycles. The fraction of sp³-hybridized carbons (Fsp3) is 0.182. The Kier molecular flexibility index (Phi) is 4.04. The molecule has 0 fully saturated rings. The Labute approximate surface area is 93.0 Å². The molecule has 0 atom stereocenters. The summed E-state index contributed by atoms with van der Waals surface area (Å²) in [6, 6.07) is 9.28. The van der Waals surface area contributed by atoms with Crippen LogP contribution in [-0.2, 0) is 11.3 Å². The van der Waals surface area contributed by atoms with Gasteiger partial charge in [0.05, 0.1) is 0 Å². The molecule has 0 unspecified atom stereocenters. The SMILES string of the molecule is C/C(O)=C(\[N+]#N)C(=O)NCc1ccccc1. The number of aliphatic hydroxyl groups excluding tert-OH is 1. The van der Waals surface area contributed by atoms with E-state index in [0.717, 1.165) is 5.56 Å². The molecule has 0 saturated carbocycles. The minimum Gasteiger partial charge on any atom is -0.505 e. The number of amides is 1. The summed E-state index contributed by atoms with van der Waals surface area (Å²) in [6.45, 7) is 1.59. The molecule has 0 heterocycles. The molecule has 1 amide bonds. The van der Waals surface area contributed by atoms with Gasteiger partial charge in [-0.05, 0) is 5.56 Å². The molecular formula is C11H12N3O2+. The molecule has 1 rings (SSSR count). The molecule has 1 aromatic carbocycles. The van der Waals surface area contributed by atoms with Crippen molar-refractivity contribution in [2.75, 3.05) is 0 Å². The first-order chi connectivity index (χ1) is 7.65. The van der Waals surface area contributed by atoms with E-state index in [9.17, 15) is 4.79 Å². The van der Waals surface area contributed by atoms with Crippen molar-refractivity contribution in [3.8, 4) is 0 Å². The molecule has 0 radical (unpaired) electrons. The lowest BCUT2D eigenvalue weighted by Gasteiger charge is -2.00. The Bertz CT molecular complexity index is 442. The Hall–Kier alpha value is -2.35. The summed E-state index contributed by atoms with van der Waals surface area (Å²) in [4.78, 5) is 14.1. The van der Waals surface area contributed by atoms with Crippen LogP contribution in [0.3, 0.4) is 0 Å². The molecule has 0 spiro atoms. The van der Waals surface area contributed by atoms with Gasteiger partial charge in [-0.1, -0.05) is 30.3 Å². The predicted octanol–water partition coefficient (Wildman–Crippen LogP) is 1.95. The number of rotatable bonds is 3. The minimum atomic E-state index is -0.619. The van der Waals surface area contributed by atoms with Crippen molar-refractivity contribution in [3.05, 3.63) is 52.3 Å². The van der Waals surface area contributed by atoms with E-state index in [0.29, 0.717) is 6.54 Å². The van der Waals surface area contributed by atoms with Gasteiger partial charge in [0.25, 0.3) is 0 Å². The Morgan fingerprint density at radius 1 is 1.44 bits per heavy atom. The van der Waals surface area contributed by atoms with E-state index in [2.05, 4.69) is 10.3 Å². The molecule has 5 nitrogen and oxygen atoms in total. The van der Waals surface area contributed by atoms with Crippen LogP contribution in [0.2, 0.25) is 0 Å². The standard InChI is InChI=1S/C11H11N3O2/c1-8(15)10(14-12)11(16)13-7-9-5-3-2-4-6-9/h2-6H,7H2,1H3,(H-,13,15,16)/p+1. The highest BCUT2D eigenvalue weighted by Crippen LogP contribution is 2.04. The molecular weight excluding hydrogens is 206 g/mol. The lowest BCUT2D eigenvalue weighted by atomic mass is 10.2. The molecule has 82 valence electrons. The molecule has 16 heavy (non-hydrogen) atoms. The fourth-order valence-corrected chi connectivity index (χ4v) is 1.14. The van der Waals surface area contributed by atoms with E-state index in [1.807, 2.05) is 30.3 Å². The van der Waals surface area contributed by atoms with Crippen LogP contribution in [0.15, 0.2) is 41.8 Å². The Morgan fingerprint density at radius 3 is 2.56 bits per heavy atom. The molecule has 0 aromatic heterocycles. The summed E-state index contributed by atoms with van der Waals surface area (Å²) in [5, 5.41) is 20.1. The van der Waals surface area contributed by atoms with Crippen molar-refractivity contribution in [2.24, 2.45) is 0 Å². The van der Waals surface area contributed by atoms with E-state index in [4.69, 9.17) is 10.5 Å². The van der Waals surface area contributed by atoms with Crippen LogP contribution in [0.25, 0.3) is 4.98 Å². The van der Waals surface area contributed by atoms with Crippen LogP contribution < -0.4 is 5.32 Å². The average Bonchev–Trinajstić information content (AvgIpc) is 2.28. The summed E-state index contributed by atoms with van der Waals surface area (Å²) in [5.41, 5.74) is 0.541. The molecule has 0 aliphatic heterocycles. The van der Waals surface area contributed by atoms with Gasteiger partial charge < -0.3 is 10.4 Å². The summed E-state index contributed by atoms with van der Waals surface area (Å²) >= 11 is 0. The van der Waals surface area contributed by atoms with Crippen LogP contribution in [0.5, 0.6) is 0 Å². The van der Waals surface area contributed by atoms with Gasteiger partial charge in [-0.3, -0.25) is 4.79 Å². The second kappa shape index (κ2) is 5.51. The van der Waals surface area contributed by atoms with Gasteiger partial charge in [0.15, 0.2) is 10.7 Å². The number of allylic oxidation sites excluding steroid dienone is 1. The highest BCUT2D eigenvalue weighted by atomic mass is 16.3. The highest BCUT2D eigenvalue weighted by Gasteiger charge is 2.25. The third kappa shape index (κ3) is 3.10. The zero-order valence-electron chi connectivity index (χ0n) is 8.84. The van der Waals surface area contributed by atoms with Gasteiger partial charge in [0, 0.05) is 13.5 Å². The van der Waals surface area contributed by atoms with Crippen LogP contribution in [0, 0.1) is 5.39 Å². The summed E-state index contributed by atoms with van der Waals surface area (Å²) in [7, 11) is 0. The van der Waals surface area contributed by atoms with Crippen molar-refractivity contribution < 1.29 is 9.90 Å². The monoisotopic (exact) mass is 218 g/mol. The first-order valence-electron chi connectivity index (χ1n) is 4.72. The van der Waals surface area contributed by atoms with Gasteiger partial charge >= 0.3 is 11.6 Å². The summed E-state index contributed by atoms with van der Waals surface area (Å²) in [5.74, 6) is -0.945. The number of hydrogen-bond acceptors (Lipinski definition) is 3. The molecule has 0 aliphatic rings. The summed E-state index contributed by atoms with van der Waals surface area (Å²) < 4.78 is 0. The molecule has 1 aromatic rings. The van der Waals surface area contributed by atoms with E-state index < -0.39 is 5.91 Å². The first kappa shape index (κ1) is 11.7. The maximum absolute atomic E-state index is 11.4. The van der Waals surface area contributed by atoms with Crippen LogP contribution in [-0.4, -0.2) is 11.0 Å². The van der Waals surface area contributed by atoms with Crippen molar-refractivity contribution in [1.82, 2.24) is 5.32 Å². The zero-order chi connectivity index (χ0) is 12.0. The normalized spacial score (nSPS) is 11.2. The van der Waals surface area contributed by atoms with Crippen molar-refractivity contribution in [2.45, 2.75) is 13.5 Å². The number of aliphatic hydroxyl groups is 1. The third-order valence-electron chi connectivity index (χ3n) is 1.95. The van der Waals surface area contributed by atoms with E-state index >= 15 is 0 Å².